The summed E-state index contributed by atoms with van der Waals surface area (Å²) < 4.78 is 9.20. The van der Waals surface area contributed by atoms with Crippen LogP contribution in [0.2, 0.25) is 0 Å². The smallest absolute Gasteiger partial charge is 0.417 e. The molecular formula is C8H14O4. The molecule has 0 aliphatic heterocycles. The van der Waals surface area contributed by atoms with E-state index in [1.165, 1.54) is 0 Å². The van der Waals surface area contributed by atoms with Crippen molar-refractivity contribution in [1.29, 1.82) is 0 Å². The van der Waals surface area contributed by atoms with Crippen LogP contribution in [0.15, 0.2) is 0 Å². The summed E-state index contributed by atoms with van der Waals surface area (Å²) in [6.45, 7) is 6.67. The standard InChI is InChI=1S/C8H14O4/c1-5(2)11-7(9)8(10)12-6(3)4/h5-6H,1-4H3. The highest BCUT2D eigenvalue weighted by atomic mass is 16.6. The van der Waals surface area contributed by atoms with Gasteiger partial charge in [0.15, 0.2) is 0 Å². The molecule has 0 bridgehead atoms. The van der Waals surface area contributed by atoms with Crippen molar-refractivity contribution in [2.24, 2.45) is 0 Å². The van der Waals surface area contributed by atoms with Gasteiger partial charge < -0.3 is 9.47 Å². The van der Waals surface area contributed by atoms with Gasteiger partial charge in [0.2, 0.25) is 0 Å². The van der Waals surface area contributed by atoms with Gasteiger partial charge in [-0.2, -0.15) is 0 Å². The van der Waals surface area contributed by atoms with Gasteiger partial charge in [-0.3, -0.25) is 0 Å². The van der Waals surface area contributed by atoms with Gasteiger partial charge in [0.25, 0.3) is 0 Å². The van der Waals surface area contributed by atoms with Crippen molar-refractivity contribution < 1.29 is 19.1 Å². The topological polar surface area (TPSA) is 52.6 Å². The average Bonchev–Trinajstić information content (AvgIpc) is 1.84. The van der Waals surface area contributed by atoms with Crippen molar-refractivity contribution in [2.75, 3.05) is 0 Å². The van der Waals surface area contributed by atoms with Crippen LogP contribution in [0.25, 0.3) is 0 Å². The molecule has 0 saturated heterocycles. The van der Waals surface area contributed by atoms with E-state index in [4.69, 9.17) is 0 Å². The molecule has 4 heteroatoms. The third-order valence-corrected chi connectivity index (χ3v) is 0.852. The molecule has 0 atom stereocenters. The first-order valence-corrected chi connectivity index (χ1v) is 3.85. The average molecular weight is 174 g/mol. The minimum absolute atomic E-state index is 0.294. The van der Waals surface area contributed by atoms with Gasteiger partial charge in [0.05, 0.1) is 12.2 Å². The van der Waals surface area contributed by atoms with Crippen LogP contribution in [0.1, 0.15) is 27.7 Å². The van der Waals surface area contributed by atoms with Crippen LogP contribution in [0.4, 0.5) is 0 Å². The van der Waals surface area contributed by atoms with Gasteiger partial charge >= 0.3 is 11.9 Å². The molecule has 0 aromatic heterocycles. The summed E-state index contributed by atoms with van der Waals surface area (Å²) >= 11 is 0. The maximum absolute atomic E-state index is 10.8. The van der Waals surface area contributed by atoms with Gasteiger partial charge in [-0.25, -0.2) is 9.59 Å². The Bertz CT molecular complexity index is 152. The van der Waals surface area contributed by atoms with E-state index in [0.29, 0.717) is 0 Å². The fraction of sp³-hybridized carbons (Fsp3) is 0.750. The molecule has 0 spiro atoms. The number of hydrogen-bond donors (Lipinski definition) is 0. The molecule has 0 aromatic carbocycles. The Hall–Kier alpha value is -1.06. The molecular weight excluding hydrogens is 160 g/mol. The van der Waals surface area contributed by atoms with E-state index in [0.717, 1.165) is 0 Å². The largest absolute Gasteiger partial charge is 0.455 e. The lowest BCUT2D eigenvalue weighted by Crippen LogP contribution is -2.25. The van der Waals surface area contributed by atoms with Crippen LogP contribution >= 0.6 is 0 Å². The molecule has 12 heavy (non-hydrogen) atoms. The number of hydrogen-bond acceptors (Lipinski definition) is 4. The van der Waals surface area contributed by atoms with Crippen LogP contribution in [0.3, 0.4) is 0 Å². The molecule has 0 rings (SSSR count). The summed E-state index contributed by atoms with van der Waals surface area (Å²) in [6.07, 6.45) is -0.588. The highest BCUT2D eigenvalue weighted by molar-refractivity contribution is 6.29. The molecule has 4 nitrogen and oxygen atoms in total. The van der Waals surface area contributed by atoms with E-state index in [-0.39, 0.29) is 12.2 Å². The zero-order valence-corrected chi connectivity index (χ0v) is 7.79. The molecule has 0 aromatic rings. The summed E-state index contributed by atoms with van der Waals surface area (Å²) in [5.74, 6) is -1.86. The monoisotopic (exact) mass is 174 g/mol. The number of esters is 2. The first kappa shape index (κ1) is 10.9. The quantitative estimate of drug-likeness (QED) is 0.461. The Labute approximate surface area is 71.8 Å². The molecule has 0 fully saturated rings. The van der Waals surface area contributed by atoms with E-state index in [2.05, 4.69) is 9.47 Å². The Kier molecular flexibility index (Phi) is 4.33. The zero-order valence-electron chi connectivity index (χ0n) is 7.79. The molecule has 0 radical (unpaired) electrons. The second kappa shape index (κ2) is 4.74. The number of rotatable bonds is 2. The highest BCUT2D eigenvalue weighted by Gasteiger charge is 2.19. The van der Waals surface area contributed by atoms with Gasteiger partial charge in [0.1, 0.15) is 0 Å². The summed E-state index contributed by atoms with van der Waals surface area (Å²) in [7, 11) is 0. The van der Waals surface area contributed by atoms with Gasteiger partial charge in [-0.05, 0) is 27.7 Å². The number of ether oxygens (including phenoxy) is 2. The molecule has 70 valence electrons. The molecule has 0 N–H and O–H groups in total. The lowest BCUT2D eigenvalue weighted by atomic mass is 10.4. The van der Waals surface area contributed by atoms with E-state index in [1.807, 2.05) is 0 Å². The SMILES string of the molecule is CC(C)OC(=O)C(=O)OC(C)C. The fourth-order valence-corrected chi connectivity index (χ4v) is 0.524. The van der Waals surface area contributed by atoms with Crippen LogP contribution < -0.4 is 0 Å². The summed E-state index contributed by atoms with van der Waals surface area (Å²) in [5, 5.41) is 0. The summed E-state index contributed by atoms with van der Waals surface area (Å²) in [6, 6.07) is 0. The Morgan fingerprint density at radius 1 is 0.833 bits per heavy atom. The van der Waals surface area contributed by atoms with Crippen molar-refractivity contribution in [1.82, 2.24) is 0 Å². The minimum Gasteiger partial charge on any atom is -0.455 e. The molecule has 0 aliphatic rings. The third-order valence-electron chi connectivity index (χ3n) is 0.852. The molecule has 0 unspecified atom stereocenters. The van der Waals surface area contributed by atoms with Crippen molar-refractivity contribution in [3.8, 4) is 0 Å². The summed E-state index contributed by atoms with van der Waals surface area (Å²) in [5.41, 5.74) is 0. The van der Waals surface area contributed by atoms with Crippen LogP contribution in [0.5, 0.6) is 0 Å². The second-order valence-corrected chi connectivity index (χ2v) is 2.91. The molecule has 0 heterocycles. The summed E-state index contributed by atoms with van der Waals surface area (Å²) in [4.78, 5) is 21.6. The molecule has 0 amide bonds. The fourth-order valence-electron chi connectivity index (χ4n) is 0.524. The first-order valence-electron chi connectivity index (χ1n) is 3.85. The van der Waals surface area contributed by atoms with Crippen molar-refractivity contribution in [3.63, 3.8) is 0 Å². The lowest BCUT2D eigenvalue weighted by molar-refractivity contribution is -0.172. The van der Waals surface area contributed by atoms with Gasteiger partial charge in [-0.1, -0.05) is 0 Å². The second-order valence-electron chi connectivity index (χ2n) is 2.91. The van der Waals surface area contributed by atoms with Gasteiger partial charge in [0, 0.05) is 0 Å². The Balaban J connectivity index is 3.86. The van der Waals surface area contributed by atoms with E-state index in [1.54, 1.807) is 27.7 Å². The van der Waals surface area contributed by atoms with Crippen LogP contribution in [-0.2, 0) is 19.1 Å². The van der Waals surface area contributed by atoms with Crippen LogP contribution in [0, 0.1) is 0 Å². The molecule has 0 saturated carbocycles. The van der Waals surface area contributed by atoms with Crippen molar-refractivity contribution in [3.05, 3.63) is 0 Å². The van der Waals surface area contributed by atoms with Crippen molar-refractivity contribution in [2.45, 2.75) is 39.9 Å². The maximum Gasteiger partial charge on any atom is 0.417 e. The van der Waals surface area contributed by atoms with Gasteiger partial charge in [-0.15, -0.1) is 0 Å². The normalized spacial score (nSPS) is 10.2. The Morgan fingerprint density at radius 3 is 1.25 bits per heavy atom. The van der Waals surface area contributed by atoms with Crippen LogP contribution in [-0.4, -0.2) is 24.1 Å². The van der Waals surface area contributed by atoms with Crippen molar-refractivity contribution >= 4 is 11.9 Å². The minimum atomic E-state index is -0.932. The predicted molar refractivity (Wildman–Crippen MR) is 42.5 cm³/mol. The van der Waals surface area contributed by atoms with E-state index < -0.39 is 11.9 Å². The maximum atomic E-state index is 10.8. The first-order chi connectivity index (χ1) is 5.43. The Morgan fingerprint density at radius 2 is 1.08 bits per heavy atom. The van der Waals surface area contributed by atoms with E-state index >= 15 is 0 Å². The highest BCUT2D eigenvalue weighted by Crippen LogP contribution is 1.94. The van der Waals surface area contributed by atoms with E-state index in [9.17, 15) is 9.59 Å². The zero-order chi connectivity index (χ0) is 9.72. The number of carbonyl (C=O) groups is 2. The number of carbonyl (C=O) groups excluding carboxylic acids is 2. The third kappa shape index (κ3) is 4.71. The predicted octanol–water partition coefficient (Wildman–Crippen LogP) is 0.890. The molecule has 0 aliphatic carbocycles. The lowest BCUT2D eigenvalue weighted by Gasteiger charge is -2.09.